The summed E-state index contributed by atoms with van der Waals surface area (Å²) in [6.45, 7) is 1.36. The van der Waals surface area contributed by atoms with Crippen molar-refractivity contribution in [1.29, 1.82) is 0 Å². The second-order valence-electron chi connectivity index (χ2n) is 6.06. The molecule has 134 valence electrons. The number of nitrogens with one attached hydrogen (secondary N) is 1. The van der Waals surface area contributed by atoms with Gasteiger partial charge in [0.15, 0.2) is 0 Å². The van der Waals surface area contributed by atoms with Gasteiger partial charge in [0.05, 0.1) is 10.7 Å². The molecule has 0 atom stereocenters. The SMILES string of the molecule is O=C(Nc1ccc(-n2cncn2)c(Cl)c1)N1CCC(n2cnnc2)CC1. The third-order valence-corrected chi connectivity index (χ3v) is 4.78. The zero-order chi connectivity index (χ0) is 17.9. The molecule has 1 aliphatic heterocycles. The van der Waals surface area contributed by atoms with Crippen LogP contribution in [0.25, 0.3) is 5.69 Å². The van der Waals surface area contributed by atoms with E-state index in [2.05, 4.69) is 25.6 Å². The second kappa shape index (κ2) is 7.12. The Morgan fingerprint density at radius 2 is 1.92 bits per heavy atom. The number of piperidine rings is 1. The minimum absolute atomic E-state index is 0.128. The summed E-state index contributed by atoms with van der Waals surface area (Å²) in [5, 5.41) is 15.1. The molecule has 1 aromatic carbocycles. The molecule has 1 aliphatic rings. The normalized spacial score (nSPS) is 15.2. The monoisotopic (exact) mass is 372 g/mol. The number of benzene rings is 1. The number of urea groups is 1. The highest BCUT2D eigenvalue weighted by Gasteiger charge is 2.24. The van der Waals surface area contributed by atoms with E-state index in [1.165, 1.54) is 6.33 Å². The first kappa shape index (κ1) is 16.5. The molecule has 0 bridgehead atoms. The Labute approximate surface area is 154 Å². The average molecular weight is 373 g/mol. The molecule has 9 nitrogen and oxygen atoms in total. The highest BCUT2D eigenvalue weighted by Crippen LogP contribution is 2.25. The summed E-state index contributed by atoms with van der Waals surface area (Å²) >= 11 is 6.30. The van der Waals surface area contributed by atoms with Crippen LogP contribution in [0.15, 0.2) is 43.5 Å². The van der Waals surface area contributed by atoms with E-state index >= 15 is 0 Å². The first-order chi connectivity index (χ1) is 12.7. The number of hydrogen-bond acceptors (Lipinski definition) is 5. The molecule has 1 saturated heterocycles. The zero-order valence-electron chi connectivity index (χ0n) is 13.9. The molecule has 4 rings (SSSR count). The van der Waals surface area contributed by atoms with Crippen LogP contribution in [0.2, 0.25) is 5.02 Å². The van der Waals surface area contributed by atoms with Crippen LogP contribution in [0, 0.1) is 0 Å². The van der Waals surface area contributed by atoms with Gasteiger partial charge in [-0.3, -0.25) is 0 Å². The van der Waals surface area contributed by atoms with E-state index < -0.39 is 0 Å². The van der Waals surface area contributed by atoms with Crippen LogP contribution >= 0.6 is 11.6 Å². The fraction of sp³-hybridized carbons (Fsp3) is 0.312. The van der Waals surface area contributed by atoms with Gasteiger partial charge >= 0.3 is 6.03 Å². The molecule has 0 aliphatic carbocycles. The van der Waals surface area contributed by atoms with E-state index in [9.17, 15) is 4.79 Å². The Morgan fingerprint density at radius 1 is 1.15 bits per heavy atom. The minimum Gasteiger partial charge on any atom is -0.324 e. The Kier molecular flexibility index (Phi) is 4.53. The molecule has 1 fully saturated rings. The molecule has 1 N–H and O–H groups in total. The van der Waals surface area contributed by atoms with Crippen molar-refractivity contribution in [3.05, 3.63) is 48.5 Å². The number of rotatable bonds is 3. The van der Waals surface area contributed by atoms with E-state index in [0.717, 1.165) is 12.8 Å². The number of carbonyl (C=O) groups is 1. The Balaban J connectivity index is 1.37. The Hall–Kier alpha value is -2.94. The van der Waals surface area contributed by atoms with Crippen molar-refractivity contribution in [3.63, 3.8) is 0 Å². The number of aromatic nitrogens is 6. The van der Waals surface area contributed by atoms with Crippen molar-refractivity contribution >= 4 is 23.3 Å². The number of halogens is 1. The molecule has 26 heavy (non-hydrogen) atoms. The van der Waals surface area contributed by atoms with Crippen LogP contribution in [0.1, 0.15) is 18.9 Å². The number of nitrogens with zero attached hydrogens (tertiary/aromatic N) is 7. The molecule has 3 aromatic rings. The first-order valence-electron chi connectivity index (χ1n) is 8.25. The molecule has 2 amide bonds. The molecule has 2 aromatic heterocycles. The van der Waals surface area contributed by atoms with E-state index in [-0.39, 0.29) is 6.03 Å². The summed E-state index contributed by atoms with van der Waals surface area (Å²) in [4.78, 5) is 18.2. The summed E-state index contributed by atoms with van der Waals surface area (Å²) in [7, 11) is 0. The molecule has 0 unspecified atom stereocenters. The summed E-state index contributed by atoms with van der Waals surface area (Å²) in [5.41, 5.74) is 1.35. The van der Waals surface area contributed by atoms with Crippen LogP contribution in [-0.4, -0.2) is 53.5 Å². The van der Waals surface area contributed by atoms with Gasteiger partial charge < -0.3 is 14.8 Å². The second-order valence-corrected chi connectivity index (χ2v) is 6.47. The molecule has 10 heteroatoms. The number of anilines is 1. The van der Waals surface area contributed by atoms with Gasteiger partial charge in [0, 0.05) is 24.8 Å². The maximum absolute atomic E-state index is 12.5. The van der Waals surface area contributed by atoms with Crippen molar-refractivity contribution in [2.24, 2.45) is 0 Å². The molecule has 0 radical (unpaired) electrons. The minimum atomic E-state index is -0.128. The van der Waals surface area contributed by atoms with Gasteiger partial charge in [-0.1, -0.05) is 11.6 Å². The van der Waals surface area contributed by atoms with Crippen molar-refractivity contribution in [2.75, 3.05) is 18.4 Å². The molecule has 0 saturated carbocycles. The van der Waals surface area contributed by atoms with Gasteiger partial charge in [-0.2, -0.15) is 5.10 Å². The Bertz CT molecular complexity index is 872. The van der Waals surface area contributed by atoms with Gasteiger partial charge in [0.1, 0.15) is 25.3 Å². The van der Waals surface area contributed by atoms with Gasteiger partial charge in [0.25, 0.3) is 0 Å². The number of amides is 2. The molecular formula is C16H17ClN8O. The maximum Gasteiger partial charge on any atom is 0.321 e. The summed E-state index contributed by atoms with van der Waals surface area (Å²) in [6.07, 6.45) is 8.20. The summed E-state index contributed by atoms with van der Waals surface area (Å²) in [5.74, 6) is 0. The van der Waals surface area contributed by atoms with Gasteiger partial charge in [-0.15, -0.1) is 10.2 Å². The summed E-state index contributed by atoms with van der Waals surface area (Å²) < 4.78 is 3.57. The van der Waals surface area contributed by atoms with E-state index in [1.807, 2.05) is 4.57 Å². The number of hydrogen-bond donors (Lipinski definition) is 1. The van der Waals surface area contributed by atoms with Crippen LogP contribution in [-0.2, 0) is 0 Å². The van der Waals surface area contributed by atoms with Crippen LogP contribution < -0.4 is 5.32 Å². The fourth-order valence-electron chi connectivity index (χ4n) is 3.07. The van der Waals surface area contributed by atoms with Crippen LogP contribution in [0.3, 0.4) is 0 Å². The maximum atomic E-state index is 12.5. The standard InChI is InChI=1S/C16H17ClN8O/c17-14-7-12(1-2-15(14)25-9-18-8-21-25)22-16(26)23-5-3-13(4-6-23)24-10-19-20-11-24/h1-2,7-11,13H,3-6H2,(H,22,26). The molecular weight excluding hydrogens is 356 g/mol. The van der Waals surface area contributed by atoms with Crippen molar-refractivity contribution in [3.8, 4) is 5.69 Å². The average Bonchev–Trinajstić information content (AvgIpc) is 3.36. The topological polar surface area (TPSA) is 93.8 Å². The lowest BCUT2D eigenvalue weighted by Crippen LogP contribution is -2.41. The molecule has 3 heterocycles. The largest absolute Gasteiger partial charge is 0.324 e. The lowest BCUT2D eigenvalue weighted by molar-refractivity contribution is 0.183. The van der Waals surface area contributed by atoms with Crippen molar-refractivity contribution < 1.29 is 4.79 Å². The molecule has 0 spiro atoms. The smallest absolute Gasteiger partial charge is 0.321 e. The predicted octanol–water partition coefficient (Wildman–Crippen LogP) is 2.38. The first-order valence-corrected chi connectivity index (χ1v) is 8.63. The van der Waals surface area contributed by atoms with E-state index in [4.69, 9.17) is 11.6 Å². The third-order valence-electron chi connectivity index (χ3n) is 4.47. The quantitative estimate of drug-likeness (QED) is 0.761. The lowest BCUT2D eigenvalue weighted by Gasteiger charge is -2.32. The summed E-state index contributed by atoms with van der Waals surface area (Å²) in [6, 6.07) is 5.51. The predicted molar refractivity (Wildman–Crippen MR) is 95.3 cm³/mol. The van der Waals surface area contributed by atoms with Gasteiger partial charge in [-0.05, 0) is 31.0 Å². The van der Waals surface area contributed by atoms with Crippen LogP contribution in [0.5, 0.6) is 0 Å². The van der Waals surface area contributed by atoms with E-state index in [1.54, 1.807) is 46.8 Å². The lowest BCUT2D eigenvalue weighted by atomic mass is 10.1. The Morgan fingerprint density at radius 3 is 2.58 bits per heavy atom. The highest BCUT2D eigenvalue weighted by atomic mass is 35.5. The van der Waals surface area contributed by atoms with Gasteiger partial charge in [0.2, 0.25) is 0 Å². The number of carbonyl (C=O) groups excluding carboxylic acids is 1. The van der Waals surface area contributed by atoms with Crippen LogP contribution in [0.4, 0.5) is 10.5 Å². The third kappa shape index (κ3) is 3.38. The fourth-order valence-corrected chi connectivity index (χ4v) is 3.34. The zero-order valence-corrected chi connectivity index (χ0v) is 14.6. The van der Waals surface area contributed by atoms with Gasteiger partial charge in [-0.25, -0.2) is 14.5 Å². The van der Waals surface area contributed by atoms with Crippen molar-refractivity contribution in [2.45, 2.75) is 18.9 Å². The number of likely N-dealkylation sites (tertiary alicyclic amines) is 1. The van der Waals surface area contributed by atoms with E-state index in [0.29, 0.717) is 35.5 Å². The van der Waals surface area contributed by atoms with Crippen molar-refractivity contribution in [1.82, 2.24) is 34.4 Å². The highest BCUT2D eigenvalue weighted by molar-refractivity contribution is 6.32.